The average Bonchev–Trinajstić information content (AvgIpc) is 2.78. The van der Waals surface area contributed by atoms with E-state index in [9.17, 15) is 9.59 Å². The van der Waals surface area contributed by atoms with Crippen molar-refractivity contribution in [2.75, 3.05) is 44.8 Å². The van der Waals surface area contributed by atoms with Gasteiger partial charge in [0.2, 0.25) is 5.91 Å². The quantitative estimate of drug-likeness (QED) is 0.553. The number of carbonyl (C=O) groups excluding carboxylic acids is 2. The molecule has 1 aromatic heterocycles. The highest BCUT2D eigenvalue weighted by Gasteiger charge is 2.20. The fourth-order valence-electron chi connectivity index (χ4n) is 3.08. The second kappa shape index (κ2) is 9.73. The summed E-state index contributed by atoms with van der Waals surface area (Å²) in [7, 11) is 1.62. The van der Waals surface area contributed by atoms with Crippen molar-refractivity contribution in [2.24, 2.45) is 0 Å². The second-order valence-electron chi connectivity index (χ2n) is 6.55. The summed E-state index contributed by atoms with van der Waals surface area (Å²) in [4.78, 5) is 32.5. The zero-order valence-electron chi connectivity index (χ0n) is 16.7. The number of piperazine rings is 1. The van der Waals surface area contributed by atoms with E-state index < -0.39 is 0 Å². The van der Waals surface area contributed by atoms with Crippen LogP contribution in [0.1, 0.15) is 22.8 Å². The molecule has 0 radical (unpaired) electrons. The summed E-state index contributed by atoms with van der Waals surface area (Å²) >= 11 is 0. The van der Waals surface area contributed by atoms with Crippen molar-refractivity contribution in [2.45, 2.75) is 6.92 Å². The predicted octanol–water partition coefficient (Wildman–Crippen LogP) is 2.63. The molecule has 29 heavy (non-hydrogen) atoms. The fraction of sp³-hybridized carbons (Fsp3) is 0.318. The van der Waals surface area contributed by atoms with E-state index in [1.165, 1.54) is 6.20 Å². The van der Waals surface area contributed by atoms with Crippen LogP contribution in [0.4, 0.5) is 5.82 Å². The molecule has 0 bridgehead atoms. The molecule has 0 saturated carbocycles. The summed E-state index contributed by atoms with van der Waals surface area (Å²) in [6.45, 7) is 4.70. The average molecular weight is 395 g/mol. The first-order valence-electron chi connectivity index (χ1n) is 9.60. The molecule has 2 aromatic rings. The maximum Gasteiger partial charge on any atom is 0.339 e. The number of ether oxygens (including phenoxy) is 2. The molecule has 7 heteroatoms. The number of hydrogen-bond acceptors (Lipinski definition) is 6. The summed E-state index contributed by atoms with van der Waals surface area (Å²) in [5, 5.41) is 0. The number of aromatic nitrogens is 1. The number of rotatable bonds is 6. The third-order valence-corrected chi connectivity index (χ3v) is 4.69. The molecule has 0 spiro atoms. The van der Waals surface area contributed by atoms with Gasteiger partial charge in [0, 0.05) is 38.5 Å². The second-order valence-corrected chi connectivity index (χ2v) is 6.55. The first-order valence-corrected chi connectivity index (χ1v) is 9.60. The number of pyridine rings is 1. The Hall–Kier alpha value is -3.35. The summed E-state index contributed by atoms with van der Waals surface area (Å²) < 4.78 is 10.2. The molecule has 0 N–H and O–H groups in total. The smallest absolute Gasteiger partial charge is 0.339 e. The van der Waals surface area contributed by atoms with Crippen molar-refractivity contribution in [3.63, 3.8) is 0 Å². The Bertz CT molecular complexity index is 872. The highest BCUT2D eigenvalue weighted by Crippen LogP contribution is 2.16. The minimum Gasteiger partial charge on any atom is -0.497 e. The molecule has 3 rings (SSSR count). The standard InChI is InChI=1S/C22H25N3O4/c1-3-29-22(27)18-8-9-20(23-16-18)24-11-13-25(14-12-24)21(26)10-7-17-5-4-6-19(15-17)28-2/h4-10,15-16H,3,11-14H2,1-2H3/b10-7+. The van der Waals surface area contributed by atoms with E-state index in [0.717, 1.165) is 17.1 Å². The van der Waals surface area contributed by atoms with Crippen molar-refractivity contribution < 1.29 is 19.1 Å². The lowest BCUT2D eigenvalue weighted by atomic mass is 10.2. The van der Waals surface area contributed by atoms with E-state index in [1.807, 2.05) is 35.2 Å². The normalized spacial score (nSPS) is 14.1. The van der Waals surface area contributed by atoms with Crippen molar-refractivity contribution >= 4 is 23.8 Å². The van der Waals surface area contributed by atoms with Crippen LogP contribution in [0.3, 0.4) is 0 Å². The van der Waals surface area contributed by atoms with Gasteiger partial charge in [0.15, 0.2) is 0 Å². The Morgan fingerprint density at radius 3 is 2.59 bits per heavy atom. The maximum atomic E-state index is 12.5. The number of methoxy groups -OCH3 is 1. The van der Waals surface area contributed by atoms with E-state index in [1.54, 1.807) is 32.3 Å². The van der Waals surface area contributed by atoms with Crippen LogP contribution in [0.25, 0.3) is 6.08 Å². The third kappa shape index (κ3) is 5.34. The SMILES string of the molecule is CCOC(=O)c1ccc(N2CCN(C(=O)/C=C/c3cccc(OC)c3)CC2)nc1. The molecule has 0 unspecified atom stereocenters. The highest BCUT2D eigenvalue weighted by atomic mass is 16.5. The number of carbonyl (C=O) groups is 2. The van der Waals surface area contributed by atoms with Crippen LogP contribution in [0.5, 0.6) is 5.75 Å². The van der Waals surface area contributed by atoms with Gasteiger partial charge in [-0.2, -0.15) is 0 Å². The van der Waals surface area contributed by atoms with Gasteiger partial charge < -0.3 is 19.3 Å². The molecule has 1 fully saturated rings. The third-order valence-electron chi connectivity index (χ3n) is 4.69. The highest BCUT2D eigenvalue weighted by molar-refractivity contribution is 5.92. The van der Waals surface area contributed by atoms with Crippen LogP contribution in [0.15, 0.2) is 48.7 Å². The summed E-state index contributed by atoms with van der Waals surface area (Å²) in [6, 6.07) is 11.1. The molecular weight excluding hydrogens is 370 g/mol. The van der Waals surface area contributed by atoms with Gasteiger partial charge in [0.25, 0.3) is 0 Å². The Morgan fingerprint density at radius 2 is 1.93 bits per heavy atom. The Balaban J connectivity index is 1.53. The maximum absolute atomic E-state index is 12.5. The fourth-order valence-corrected chi connectivity index (χ4v) is 3.08. The first kappa shape index (κ1) is 20.4. The zero-order chi connectivity index (χ0) is 20.6. The number of amides is 1. The minimum absolute atomic E-state index is 0.0157. The predicted molar refractivity (Wildman–Crippen MR) is 111 cm³/mol. The van der Waals surface area contributed by atoms with E-state index >= 15 is 0 Å². The van der Waals surface area contributed by atoms with E-state index in [0.29, 0.717) is 38.3 Å². The molecule has 0 atom stereocenters. The molecule has 7 nitrogen and oxygen atoms in total. The lowest BCUT2D eigenvalue weighted by Gasteiger charge is -2.35. The largest absolute Gasteiger partial charge is 0.497 e. The molecule has 1 aliphatic rings. The molecule has 1 aromatic carbocycles. The minimum atomic E-state index is -0.371. The van der Waals surface area contributed by atoms with E-state index in [4.69, 9.17) is 9.47 Å². The van der Waals surface area contributed by atoms with Gasteiger partial charge in [-0.3, -0.25) is 4.79 Å². The Morgan fingerprint density at radius 1 is 1.14 bits per heavy atom. The van der Waals surface area contributed by atoms with Crippen LogP contribution >= 0.6 is 0 Å². The van der Waals surface area contributed by atoms with Gasteiger partial charge in [0.05, 0.1) is 19.3 Å². The molecule has 0 aliphatic carbocycles. The molecule has 2 heterocycles. The summed E-state index contributed by atoms with van der Waals surface area (Å²) in [5.74, 6) is 1.16. The molecular formula is C22H25N3O4. The van der Waals surface area contributed by atoms with E-state index in [2.05, 4.69) is 9.88 Å². The van der Waals surface area contributed by atoms with Gasteiger partial charge in [-0.05, 0) is 42.8 Å². The van der Waals surface area contributed by atoms with E-state index in [-0.39, 0.29) is 11.9 Å². The molecule has 1 aliphatic heterocycles. The number of anilines is 1. The van der Waals surface area contributed by atoms with Crippen LogP contribution in [0, 0.1) is 0 Å². The van der Waals surface area contributed by atoms with Crippen LogP contribution < -0.4 is 9.64 Å². The van der Waals surface area contributed by atoms with Gasteiger partial charge in [-0.15, -0.1) is 0 Å². The monoisotopic (exact) mass is 395 g/mol. The number of nitrogens with zero attached hydrogens (tertiary/aromatic N) is 3. The first-order chi connectivity index (χ1) is 14.1. The van der Waals surface area contributed by atoms with Gasteiger partial charge in [-0.25, -0.2) is 9.78 Å². The van der Waals surface area contributed by atoms with Gasteiger partial charge >= 0.3 is 5.97 Å². The number of hydrogen-bond donors (Lipinski definition) is 0. The molecule has 152 valence electrons. The van der Waals surface area contributed by atoms with Crippen LogP contribution in [0.2, 0.25) is 0 Å². The van der Waals surface area contributed by atoms with Crippen molar-refractivity contribution in [1.29, 1.82) is 0 Å². The summed E-state index contributed by atoms with van der Waals surface area (Å²) in [6.07, 6.45) is 4.92. The van der Waals surface area contributed by atoms with Gasteiger partial charge in [-0.1, -0.05) is 12.1 Å². The molecule has 1 saturated heterocycles. The van der Waals surface area contributed by atoms with Gasteiger partial charge in [0.1, 0.15) is 11.6 Å². The van der Waals surface area contributed by atoms with Crippen molar-refractivity contribution in [3.05, 3.63) is 59.8 Å². The van der Waals surface area contributed by atoms with Crippen LogP contribution in [-0.2, 0) is 9.53 Å². The number of benzene rings is 1. The number of esters is 1. The lowest BCUT2D eigenvalue weighted by molar-refractivity contribution is -0.126. The Kier molecular flexibility index (Phi) is 6.84. The van der Waals surface area contributed by atoms with Crippen molar-refractivity contribution in [1.82, 2.24) is 9.88 Å². The summed E-state index contributed by atoms with van der Waals surface area (Å²) in [5.41, 5.74) is 1.36. The zero-order valence-corrected chi connectivity index (χ0v) is 16.7. The van der Waals surface area contributed by atoms with Crippen molar-refractivity contribution in [3.8, 4) is 5.75 Å². The lowest BCUT2D eigenvalue weighted by Crippen LogP contribution is -2.48. The molecule has 1 amide bonds. The van der Waals surface area contributed by atoms with Crippen LogP contribution in [-0.4, -0.2) is 61.7 Å². The Labute approximate surface area is 170 Å². The topological polar surface area (TPSA) is 72.0 Å².